The fraction of sp³-hybridized carbons (Fsp3) is 0.200. The van der Waals surface area contributed by atoms with E-state index < -0.39 is 11.9 Å². The SMILES string of the molecule is CN(C)c1cccc(CNC(=O)c2ccc(-n3ccc(C(F)(F)F)n3)cc2)c1. The van der Waals surface area contributed by atoms with E-state index in [1.165, 1.54) is 6.20 Å². The maximum atomic E-state index is 12.6. The third-order valence-corrected chi connectivity index (χ3v) is 4.15. The summed E-state index contributed by atoms with van der Waals surface area (Å²) in [7, 11) is 3.88. The minimum Gasteiger partial charge on any atom is -0.378 e. The maximum absolute atomic E-state index is 12.6. The second-order valence-electron chi connectivity index (χ2n) is 6.44. The van der Waals surface area contributed by atoms with Gasteiger partial charge in [-0.3, -0.25) is 4.79 Å². The highest BCUT2D eigenvalue weighted by Crippen LogP contribution is 2.27. The Bertz CT molecular complexity index is 962. The summed E-state index contributed by atoms with van der Waals surface area (Å²) >= 11 is 0. The number of anilines is 1. The molecule has 0 saturated heterocycles. The van der Waals surface area contributed by atoms with E-state index in [2.05, 4.69) is 10.4 Å². The summed E-state index contributed by atoms with van der Waals surface area (Å²) in [5, 5.41) is 6.35. The predicted octanol–water partition coefficient (Wildman–Crippen LogP) is 3.89. The summed E-state index contributed by atoms with van der Waals surface area (Å²) in [6, 6.07) is 14.9. The molecular weight excluding hydrogens is 369 g/mol. The van der Waals surface area contributed by atoms with E-state index in [1.54, 1.807) is 24.3 Å². The Morgan fingerprint density at radius 2 is 1.82 bits per heavy atom. The highest BCUT2D eigenvalue weighted by Gasteiger charge is 2.33. The molecule has 1 heterocycles. The molecule has 0 aliphatic rings. The van der Waals surface area contributed by atoms with Gasteiger partial charge in [0.1, 0.15) is 0 Å². The van der Waals surface area contributed by atoms with Gasteiger partial charge in [-0.2, -0.15) is 18.3 Å². The lowest BCUT2D eigenvalue weighted by molar-refractivity contribution is -0.141. The van der Waals surface area contributed by atoms with Crippen LogP contribution in [-0.4, -0.2) is 29.8 Å². The Hall–Kier alpha value is -3.29. The van der Waals surface area contributed by atoms with Crippen molar-refractivity contribution in [1.82, 2.24) is 15.1 Å². The number of nitrogens with zero attached hydrogens (tertiary/aromatic N) is 3. The van der Waals surface area contributed by atoms with Gasteiger partial charge in [-0.05, 0) is 48.0 Å². The topological polar surface area (TPSA) is 50.2 Å². The van der Waals surface area contributed by atoms with Crippen molar-refractivity contribution in [3.63, 3.8) is 0 Å². The number of hydrogen-bond donors (Lipinski definition) is 1. The fourth-order valence-corrected chi connectivity index (χ4v) is 2.61. The standard InChI is InChI=1S/C20H19F3N4O/c1-26(2)17-5-3-4-14(12-17)13-24-19(28)15-6-8-16(9-7-15)27-11-10-18(25-27)20(21,22)23/h3-12H,13H2,1-2H3,(H,24,28). The van der Waals surface area contributed by atoms with E-state index in [0.29, 0.717) is 17.8 Å². The monoisotopic (exact) mass is 388 g/mol. The molecule has 1 N–H and O–H groups in total. The molecule has 0 aliphatic heterocycles. The zero-order chi connectivity index (χ0) is 20.3. The fourth-order valence-electron chi connectivity index (χ4n) is 2.61. The van der Waals surface area contributed by atoms with Gasteiger partial charge >= 0.3 is 6.18 Å². The molecule has 0 radical (unpaired) electrons. The molecule has 1 amide bonds. The number of alkyl halides is 3. The van der Waals surface area contributed by atoms with Crippen molar-refractivity contribution in [2.24, 2.45) is 0 Å². The van der Waals surface area contributed by atoms with Gasteiger partial charge in [0.15, 0.2) is 5.69 Å². The first-order valence-corrected chi connectivity index (χ1v) is 8.52. The molecule has 0 spiro atoms. The lowest BCUT2D eigenvalue weighted by atomic mass is 10.1. The summed E-state index contributed by atoms with van der Waals surface area (Å²) in [5.74, 6) is -0.266. The molecule has 5 nitrogen and oxygen atoms in total. The van der Waals surface area contributed by atoms with Crippen LogP contribution in [0.25, 0.3) is 5.69 Å². The number of halogens is 3. The lowest BCUT2D eigenvalue weighted by Gasteiger charge is -2.14. The van der Waals surface area contributed by atoms with Gasteiger partial charge in [0.25, 0.3) is 5.91 Å². The van der Waals surface area contributed by atoms with Crippen molar-refractivity contribution in [1.29, 1.82) is 0 Å². The van der Waals surface area contributed by atoms with E-state index in [9.17, 15) is 18.0 Å². The number of amides is 1. The van der Waals surface area contributed by atoms with Crippen LogP contribution in [0.2, 0.25) is 0 Å². The zero-order valence-corrected chi connectivity index (χ0v) is 15.4. The average Bonchev–Trinajstić information content (AvgIpc) is 3.17. The van der Waals surface area contributed by atoms with Gasteiger partial charge in [-0.1, -0.05) is 12.1 Å². The normalized spacial score (nSPS) is 11.3. The molecule has 0 fully saturated rings. The third-order valence-electron chi connectivity index (χ3n) is 4.15. The molecule has 1 aromatic heterocycles. The van der Waals surface area contributed by atoms with Crippen LogP contribution >= 0.6 is 0 Å². The molecule has 2 aromatic carbocycles. The average molecular weight is 388 g/mol. The highest BCUT2D eigenvalue weighted by atomic mass is 19.4. The number of benzene rings is 2. The Balaban J connectivity index is 1.65. The maximum Gasteiger partial charge on any atom is 0.435 e. The smallest absolute Gasteiger partial charge is 0.378 e. The van der Waals surface area contributed by atoms with Gasteiger partial charge in [-0.15, -0.1) is 0 Å². The third kappa shape index (κ3) is 4.51. The molecule has 0 unspecified atom stereocenters. The summed E-state index contributed by atoms with van der Waals surface area (Å²) in [4.78, 5) is 14.3. The van der Waals surface area contributed by atoms with Gasteiger partial charge < -0.3 is 10.2 Å². The number of nitrogens with one attached hydrogen (secondary N) is 1. The van der Waals surface area contributed by atoms with Crippen LogP contribution in [0.3, 0.4) is 0 Å². The Labute approximate surface area is 160 Å². The van der Waals surface area contributed by atoms with E-state index in [0.717, 1.165) is 22.0 Å². The van der Waals surface area contributed by atoms with Crippen molar-refractivity contribution in [3.8, 4) is 5.69 Å². The summed E-state index contributed by atoms with van der Waals surface area (Å²) in [5.41, 5.74) is 1.89. The van der Waals surface area contributed by atoms with Crippen LogP contribution in [0, 0.1) is 0 Å². The van der Waals surface area contributed by atoms with Crippen molar-refractivity contribution >= 4 is 11.6 Å². The number of carbonyl (C=O) groups excluding carboxylic acids is 1. The number of carbonyl (C=O) groups is 1. The molecule has 0 atom stereocenters. The first-order chi connectivity index (χ1) is 13.2. The molecule has 28 heavy (non-hydrogen) atoms. The Kier molecular flexibility index (Phi) is 5.39. The molecule has 8 heteroatoms. The second kappa shape index (κ2) is 7.75. The van der Waals surface area contributed by atoms with E-state index >= 15 is 0 Å². The van der Waals surface area contributed by atoms with Crippen LogP contribution in [0.1, 0.15) is 21.6 Å². The van der Waals surface area contributed by atoms with E-state index in [1.807, 2.05) is 43.3 Å². The molecule has 3 aromatic rings. The Morgan fingerprint density at radius 3 is 2.43 bits per heavy atom. The number of rotatable bonds is 5. The predicted molar refractivity (Wildman–Crippen MR) is 101 cm³/mol. The van der Waals surface area contributed by atoms with Crippen molar-refractivity contribution in [2.75, 3.05) is 19.0 Å². The van der Waals surface area contributed by atoms with Crippen molar-refractivity contribution in [3.05, 3.63) is 77.6 Å². The van der Waals surface area contributed by atoms with Gasteiger partial charge in [-0.25, -0.2) is 4.68 Å². The first-order valence-electron chi connectivity index (χ1n) is 8.52. The van der Waals surface area contributed by atoms with E-state index in [-0.39, 0.29) is 5.91 Å². The minimum atomic E-state index is -4.49. The minimum absolute atomic E-state index is 0.266. The van der Waals surface area contributed by atoms with Crippen LogP contribution in [-0.2, 0) is 12.7 Å². The lowest BCUT2D eigenvalue weighted by Crippen LogP contribution is -2.23. The van der Waals surface area contributed by atoms with Crippen molar-refractivity contribution in [2.45, 2.75) is 12.7 Å². The highest BCUT2D eigenvalue weighted by molar-refractivity contribution is 5.94. The van der Waals surface area contributed by atoms with Crippen LogP contribution in [0.5, 0.6) is 0 Å². The van der Waals surface area contributed by atoms with Gasteiger partial charge in [0.2, 0.25) is 0 Å². The first kappa shape index (κ1) is 19.5. The quantitative estimate of drug-likeness (QED) is 0.722. The molecular formula is C20H19F3N4O. The van der Waals surface area contributed by atoms with Crippen LogP contribution in [0.4, 0.5) is 18.9 Å². The molecule has 0 saturated carbocycles. The summed E-state index contributed by atoms with van der Waals surface area (Å²) in [6.45, 7) is 0.371. The Morgan fingerprint density at radius 1 is 1.11 bits per heavy atom. The summed E-state index contributed by atoms with van der Waals surface area (Å²) < 4.78 is 39.1. The second-order valence-corrected chi connectivity index (χ2v) is 6.44. The summed E-state index contributed by atoms with van der Waals surface area (Å²) in [6.07, 6.45) is -3.26. The molecule has 3 rings (SSSR count). The van der Waals surface area contributed by atoms with Crippen LogP contribution in [0.15, 0.2) is 60.8 Å². The van der Waals surface area contributed by atoms with Gasteiger partial charge in [0.05, 0.1) is 5.69 Å². The largest absolute Gasteiger partial charge is 0.435 e. The molecule has 146 valence electrons. The van der Waals surface area contributed by atoms with Crippen molar-refractivity contribution < 1.29 is 18.0 Å². The van der Waals surface area contributed by atoms with E-state index in [4.69, 9.17) is 0 Å². The zero-order valence-electron chi connectivity index (χ0n) is 15.4. The number of aromatic nitrogens is 2. The van der Waals surface area contributed by atoms with Gasteiger partial charge in [0, 0.05) is 38.1 Å². The molecule has 0 aliphatic carbocycles. The van der Waals surface area contributed by atoms with Crippen LogP contribution < -0.4 is 10.2 Å². The number of hydrogen-bond acceptors (Lipinski definition) is 3. The molecule has 0 bridgehead atoms.